The van der Waals surface area contributed by atoms with Crippen molar-refractivity contribution in [1.29, 1.82) is 0 Å². The molecular weight excluding hydrogens is 452 g/mol. The van der Waals surface area contributed by atoms with Crippen molar-refractivity contribution in [2.24, 2.45) is 0 Å². The van der Waals surface area contributed by atoms with Crippen LogP contribution in [-0.2, 0) is 25.2 Å². The third kappa shape index (κ3) is 4.26. The zero-order chi connectivity index (χ0) is 25.4. The summed E-state index contributed by atoms with van der Waals surface area (Å²) in [6, 6.07) is 15.5. The van der Waals surface area contributed by atoms with E-state index in [1.807, 2.05) is 49.6 Å². The Morgan fingerprint density at radius 2 is 1.61 bits per heavy atom. The molecule has 0 radical (unpaired) electrons. The van der Waals surface area contributed by atoms with Gasteiger partial charge in [-0.05, 0) is 54.7 Å². The molecule has 2 aliphatic rings. The van der Waals surface area contributed by atoms with Crippen LogP contribution in [0.4, 0.5) is 5.69 Å². The van der Waals surface area contributed by atoms with Crippen molar-refractivity contribution in [3.05, 3.63) is 82.9 Å². The molecule has 2 aromatic carbocycles. The second kappa shape index (κ2) is 9.43. The van der Waals surface area contributed by atoms with Crippen LogP contribution in [0.5, 0.6) is 0 Å². The van der Waals surface area contributed by atoms with Crippen LogP contribution in [0.3, 0.4) is 0 Å². The average Bonchev–Trinajstić information content (AvgIpc) is 3.28. The minimum absolute atomic E-state index is 0.0115. The molecule has 36 heavy (non-hydrogen) atoms. The van der Waals surface area contributed by atoms with Crippen LogP contribution >= 0.6 is 0 Å². The fraction of sp³-hybridized carbons (Fsp3) is 0.393. The zero-order valence-corrected chi connectivity index (χ0v) is 21.3. The van der Waals surface area contributed by atoms with E-state index in [4.69, 9.17) is 5.73 Å². The molecule has 1 aliphatic carbocycles. The number of amides is 2. The molecule has 8 heteroatoms. The molecule has 0 saturated heterocycles. The summed E-state index contributed by atoms with van der Waals surface area (Å²) in [7, 11) is 5.35. The molecule has 0 atom stereocenters. The Hall–Kier alpha value is -3.65. The minimum atomic E-state index is -0.0859. The van der Waals surface area contributed by atoms with E-state index in [1.165, 1.54) is 5.56 Å². The first-order valence-corrected chi connectivity index (χ1v) is 12.5. The number of nitrogen functional groups attached to an aromatic ring is 1. The Balaban J connectivity index is 1.33. The molecule has 1 aromatic heterocycles. The third-order valence-electron chi connectivity index (χ3n) is 7.63. The molecule has 1 saturated carbocycles. The molecule has 0 unspecified atom stereocenters. The van der Waals surface area contributed by atoms with E-state index in [9.17, 15) is 9.59 Å². The van der Waals surface area contributed by atoms with Crippen LogP contribution in [0.2, 0.25) is 0 Å². The summed E-state index contributed by atoms with van der Waals surface area (Å²) in [6.07, 6.45) is 5.20. The van der Waals surface area contributed by atoms with E-state index >= 15 is 0 Å². The summed E-state index contributed by atoms with van der Waals surface area (Å²) >= 11 is 0. The first-order chi connectivity index (χ1) is 17.3. The van der Waals surface area contributed by atoms with Gasteiger partial charge in [0.1, 0.15) is 0 Å². The average molecular weight is 487 g/mol. The maximum Gasteiger partial charge on any atom is 0.289 e. The molecule has 188 valence electrons. The molecular formula is C28H34N6O2. The minimum Gasteiger partial charge on any atom is -0.399 e. The molecule has 1 fully saturated rings. The van der Waals surface area contributed by atoms with Gasteiger partial charge in [0, 0.05) is 58.6 Å². The van der Waals surface area contributed by atoms with E-state index in [1.54, 1.807) is 23.9 Å². The number of anilines is 1. The largest absolute Gasteiger partial charge is 0.399 e. The highest BCUT2D eigenvalue weighted by Gasteiger charge is 2.49. The lowest BCUT2D eigenvalue weighted by Crippen LogP contribution is -2.56. The first-order valence-electron chi connectivity index (χ1n) is 12.5. The van der Waals surface area contributed by atoms with Crippen LogP contribution in [0.1, 0.15) is 57.1 Å². The van der Waals surface area contributed by atoms with Gasteiger partial charge in [0.2, 0.25) is 0 Å². The van der Waals surface area contributed by atoms with Gasteiger partial charge >= 0.3 is 0 Å². The molecule has 5 rings (SSSR count). The number of fused-ring (bicyclic) bond motifs is 2. The fourth-order valence-corrected chi connectivity index (χ4v) is 5.43. The molecule has 1 aliphatic heterocycles. The van der Waals surface area contributed by atoms with Gasteiger partial charge in [-0.2, -0.15) is 0 Å². The summed E-state index contributed by atoms with van der Waals surface area (Å²) in [5.74, 6) is 0.458. The van der Waals surface area contributed by atoms with Crippen molar-refractivity contribution in [1.82, 2.24) is 24.3 Å². The molecule has 8 nitrogen and oxygen atoms in total. The molecule has 2 amide bonds. The quantitative estimate of drug-likeness (QED) is 0.540. The smallest absolute Gasteiger partial charge is 0.289 e. The Kier molecular flexibility index (Phi) is 6.30. The van der Waals surface area contributed by atoms with Crippen molar-refractivity contribution in [2.45, 2.75) is 44.4 Å². The number of carbonyl (C=O) groups is 2. The second-order valence-corrected chi connectivity index (χ2v) is 10.2. The highest BCUT2D eigenvalue weighted by atomic mass is 16.2. The second-order valence-electron chi connectivity index (χ2n) is 10.2. The molecule has 2 heterocycles. The van der Waals surface area contributed by atoms with Crippen LogP contribution in [0, 0.1) is 0 Å². The van der Waals surface area contributed by atoms with Gasteiger partial charge in [0.25, 0.3) is 11.8 Å². The Labute approximate surface area is 212 Å². The highest BCUT2D eigenvalue weighted by molar-refractivity contribution is 5.93. The van der Waals surface area contributed by atoms with E-state index < -0.39 is 0 Å². The Morgan fingerprint density at radius 1 is 0.944 bits per heavy atom. The number of carbonyl (C=O) groups excluding carboxylic acids is 2. The monoisotopic (exact) mass is 486 g/mol. The van der Waals surface area contributed by atoms with Gasteiger partial charge < -0.3 is 20.1 Å². The Morgan fingerprint density at radius 3 is 2.22 bits per heavy atom. The predicted molar refractivity (Wildman–Crippen MR) is 139 cm³/mol. The number of imidazole rings is 1. The zero-order valence-electron chi connectivity index (χ0n) is 21.3. The lowest BCUT2D eigenvalue weighted by Gasteiger charge is -2.53. The lowest BCUT2D eigenvalue weighted by atomic mass is 9.72. The molecule has 2 N–H and O–H groups in total. The van der Waals surface area contributed by atoms with Crippen LogP contribution in [0.15, 0.2) is 54.7 Å². The number of hydrogen-bond donors (Lipinski definition) is 1. The normalized spacial score (nSPS) is 16.3. The summed E-state index contributed by atoms with van der Waals surface area (Å²) in [6.45, 7) is 2.89. The molecule has 0 bridgehead atoms. The van der Waals surface area contributed by atoms with Gasteiger partial charge in [-0.1, -0.05) is 24.3 Å². The first kappa shape index (κ1) is 24.1. The number of benzene rings is 2. The van der Waals surface area contributed by atoms with Crippen LogP contribution in [-0.4, -0.2) is 63.8 Å². The summed E-state index contributed by atoms with van der Waals surface area (Å²) < 4.78 is 2.14. The maximum absolute atomic E-state index is 13.3. The van der Waals surface area contributed by atoms with Crippen LogP contribution < -0.4 is 5.73 Å². The van der Waals surface area contributed by atoms with Crippen LogP contribution in [0.25, 0.3) is 0 Å². The summed E-state index contributed by atoms with van der Waals surface area (Å²) in [5, 5.41) is 0. The number of aromatic nitrogens is 2. The number of nitrogens with zero attached hydrogens (tertiary/aromatic N) is 5. The van der Waals surface area contributed by atoms with Gasteiger partial charge in [0.05, 0.1) is 17.4 Å². The van der Waals surface area contributed by atoms with E-state index in [-0.39, 0.29) is 17.4 Å². The van der Waals surface area contributed by atoms with E-state index in [0.717, 1.165) is 50.2 Å². The van der Waals surface area contributed by atoms with E-state index in [2.05, 4.69) is 26.6 Å². The van der Waals surface area contributed by atoms with E-state index in [0.29, 0.717) is 23.6 Å². The number of rotatable bonds is 6. The molecule has 3 aromatic rings. The van der Waals surface area contributed by atoms with Gasteiger partial charge in [-0.3, -0.25) is 14.5 Å². The Bertz CT molecular complexity index is 1260. The van der Waals surface area contributed by atoms with Gasteiger partial charge in [0.15, 0.2) is 5.82 Å². The van der Waals surface area contributed by atoms with Crippen molar-refractivity contribution in [2.75, 3.05) is 33.4 Å². The summed E-state index contributed by atoms with van der Waals surface area (Å²) in [5.41, 5.74) is 10.5. The van der Waals surface area contributed by atoms with Gasteiger partial charge in [-0.15, -0.1) is 0 Å². The fourth-order valence-electron chi connectivity index (χ4n) is 5.43. The van der Waals surface area contributed by atoms with Crippen molar-refractivity contribution >= 4 is 17.5 Å². The number of nitrogens with two attached hydrogens (primary N) is 1. The standard InChI is InChI=1S/C28H34N6O2/c1-31(2)26(35)22-9-5-21(6-10-22)19-33-15-16-34-24(28(33)13-4-14-28)17-30-25(34)27(36)32(3)18-20-7-11-23(29)12-8-20/h5-12,17H,4,13-16,18-19,29H2,1-3H3. The maximum atomic E-state index is 13.3. The molecule has 1 spiro atoms. The highest BCUT2D eigenvalue weighted by Crippen LogP contribution is 2.49. The van der Waals surface area contributed by atoms with Gasteiger partial charge in [-0.25, -0.2) is 4.98 Å². The predicted octanol–water partition coefficient (Wildman–Crippen LogP) is 3.33. The third-order valence-corrected chi connectivity index (χ3v) is 7.63. The van der Waals surface area contributed by atoms with Crippen molar-refractivity contribution < 1.29 is 9.59 Å². The number of hydrogen-bond acceptors (Lipinski definition) is 5. The van der Waals surface area contributed by atoms with Crippen molar-refractivity contribution in [3.8, 4) is 0 Å². The lowest BCUT2D eigenvalue weighted by molar-refractivity contribution is -0.0218. The summed E-state index contributed by atoms with van der Waals surface area (Å²) in [4.78, 5) is 36.0. The van der Waals surface area contributed by atoms with Crippen molar-refractivity contribution in [3.63, 3.8) is 0 Å². The SMILES string of the molecule is CN(C)C(=O)c1ccc(CN2CCn3c(cnc3C(=O)N(C)Cc3ccc(N)cc3)C23CCC3)cc1. The topological polar surface area (TPSA) is 87.7 Å².